The number of carbonyl (C=O) groups is 2. The van der Waals surface area contributed by atoms with Gasteiger partial charge >= 0.3 is 5.97 Å². The van der Waals surface area contributed by atoms with E-state index in [4.69, 9.17) is 4.74 Å². The fourth-order valence-corrected chi connectivity index (χ4v) is 2.57. The number of methoxy groups -OCH3 is 1. The van der Waals surface area contributed by atoms with Crippen LogP contribution in [0.1, 0.15) is 27.2 Å². The van der Waals surface area contributed by atoms with Crippen molar-refractivity contribution < 1.29 is 14.3 Å². The summed E-state index contributed by atoms with van der Waals surface area (Å²) in [6, 6.07) is 9.24. The standard InChI is InChI=1S/C19H23N3O3/c1-12-7-6-8-13(2)18(12)21-17(23)11-22(4)16-10-9-15(14(3)20-16)19(24)25-5/h6-10H,11H2,1-5H3,(H,21,23). The SMILES string of the molecule is COC(=O)c1ccc(N(C)CC(=O)Nc2c(C)cccc2C)nc1C. The molecular weight excluding hydrogens is 318 g/mol. The van der Waals surface area contributed by atoms with Crippen LogP contribution in [-0.2, 0) is 9.53 Å². The Morgan fingerprint density at radius 3 is 2.32 bits per heavy atom. The van der Waals surface area contributed by atoms with Crippen LogP contribution in [0.25, 0.3) is 0 Å². The normalized spacial score (nSPS) is 10.3. The van der Waals surface area contributed by atoms with Gasteiger partial charge in [0.25, 0.3) is 0 Å². The highest BCUT2D eigenvalue weighted by Gasteiger charge is 2.15. The van der Waals surface area contributed by atoms with Crippen LogP contribution in [0.5, 0.6) is 0 Å². The van der Waals surface area contributed by atoms with Crippen molar-refractivity contribution in [3.05, 3.63) is 52.7 Å². The second-order valence-electron chi connectivity index (χ2n) is 5.97. The van der Waals surface area contributed by atoms with Gasteiger partial charge in [-0.15, -0.1) is 0 Å². The summed E-state index contributed by atoms with van der Waals surface area (Å²) in [6.07, 6.45) is 0. The number of nitrogens with zero attached hydrogens (tertiary/aromatic N) is 2. The number of nitrogens with one attached hydrogen (secondary N) is 1. The van der Waals surface area contributed by atoms with Crippen molar-refractivity contribution in [2.45, 2.75) is 20.8 Å². The van der Waals surface area contributed by atoms with Crippen molar-refractivity contribution in [1.29, 1.82) is 0 Å². The van der Waals surface area contributed by atoms with Crippen LogP contribution >= 0.6 is 0 Å². The molecule has 0 bridgehead atoms. The van der Waals surface area contributed by atoms with Gasteiger partial charge in [-0.1, -0.05) is 18.2 Å². The second-order valence-corrected chi connectivity index (χ2v) is 5.97. The van der Waals surface area contributed by atoms with Crippen molar-refractivity contribution in [2.24, 2.45) is 0 Å². The van der Waals surface area contributed by atoms with Crippen LogP contribution in [0.2, 0.25) is 0 Å². The number of ether oxygens (including phenoxy) is 1. The number of hydrogen-bond donors (Lipinski definition) is 1. The molecule has 1 N–H and O–H groups in total. The predicted molar refractivity (Wildman–Crippen MR) is 98.1 cm³/mol. The van der Waals surface area contributed by atoms with Crippen LogP contribution in [0.15, 0.2) is 30.3 Å². The zero-order chi connectivity index (χ0) is 18.6. The number of carbonyl (C=O) groups excluding carboxylic acids is 2. The van der Waals surface area contributed by atoms with Crippen LogP contribution < -0.4 is 10.2 Å². The molecule has 2 rings (SSSR count). The molecule has 0 radical (unpaired) electrons. The summed E-state index contributed by atoms with van der Waals surface area (Å²) in [7, 11) is 3.11. The highest BCUT2D eigenvalue weighted by atomic mass is 16.5. The fourth-order valence-electron chi connectivity index (χ4n) is 2.57. The summed E-state index contributed by atoms with van der Waals surface area (Å²) in [5.41, 5.74) is 3.86. The minimum absolute atomic E-state index is 0.128. The molecule has 0 spiro atoms. The van der Waals surface area contributed by atoms with Gasteiger partial charge in [0, 0.05) is 12.7 Å². The van der Waals surface area contributed by atoms with Crippen molar-refractivity contribution in [1.82, 2.24) is 4.98 Å². The van der Waals surface area contributed by atoms with Crippen molar-refractivity contribution >= 4 is 23.4 Å². The molecular formula is C19H23N3O3. The Kier molecular flexibility index (Phi) is 5.75. The molecule has 25 heavy (non-hydrogen) atoms. The van der Waals surface area contributed by atoms with E-state index < -0.39 is 5.97 Å². The number of benzene rings is 1. The Labute approximate surface area is 147 Å². The molecule has 6 heteroatoms. The third-order valence-corrected chi connectivity index (χ3v) is 3.99. The quantitative estimate of drug-likeness (QED) is 0.847. The van der Waals surface area contributed by atoms with E-state index in [2.05, 4.69) is 10.3 Å². The molecule has 0 unspecified atom stereocenters. The Morgan fingerprint density at radius 1 is 1.12 bits per heavy atom. The van der Waals surface area contributed by atoms with Crippen molar-refractivity contribution in [3.8, 4) is 0 Å². The maximum atomic E-state index is 12.4. The van der Waals surface area contributed by atoms with E-state index in [1.807, 2.05) is 32.0 Å². The lowest BCUT2D eigenvalue weighted by Gasteiger charge is -2.19. The molecule has 1 heterocycles. The molecule has 0 saturated heterocycles. The van der Waals surface area contributed by atoms with Gasteiger partial charge in [0.2, 0.25) is 5.91 Å². The van der Waals surface area contributed by atoms with E-state index in [0.29, 0.717) is 17.1 Å². The summed E-state index contributed by atoms with van der Waals surface area (Å²) >= 11 is 0. The van der Waals surface area contributed by atoms with E-state index in [-0.39, 0.29) is 12.5 Å². The number of amides is 1. The third kappa shape index (κ3) is 4.35. The number of rotatable bonds is 5. The molecule has 132 valence electrons. The first-order valence-electron chi connectivity index (χ1n) is 7.96. The van der Waals surface area contributed by atoms with Gasteiger partial charge in [-0.25, -0.2) is 9.78 Å². The van der Waals surface area contributed by atoms with E-state index in [0.717, 1.165) is 16.8 Å². The van der Waals surface area contributed by atoms with E-state index in [9.17, 15) is 9.59 Å². The average Bonchev–Trinajstić information content (AvgIpc) is 2.57. The molecule has 2 aromatic rings. The zero-order valence-corrected chi connectivity index (χ0v) is 15.2. The Hall–Kier alpha value is -2.89. The molecule has 6 nitrogen and oxygen atoms in total. The van der Waals surface area contributed by atoms with Crippen molar-refractivity contribution in [3.63, 3.8) is 0 Å². The number of aromatic nitrogens is 1. The highest BCUT2D eigenvalue weighted by Crippen LogP contribution is 2.20. The lowest BCUT2D eigenvalue weighted by molar-refractivity contribution is -0.114. The van der Waals surface area contributed by atoms with Crippen molar-refractivity contribution in [2.75, 3.05) is 30.9 Å². The molecule has 0 aliphatic rings. The summed E-state index contributed by atoms with van der Waals surface area (Å²) in [5, 5.41) is 2.95. The van der Waals surface area contributed by atoms with E-state index >= 15 is 0 Å². The van der Waals surface area contributed by atoms with Gasteiger partial charge in [0.05, 0.1) is 24.9 Å². The van der Waals surface area contributed by atoms with Gasteiger partial charge < -0.3 is 15.0 Å². The topological polar surface area (TPSA) is 71.5 Å². The van der Waals surface area contributed by atoms with E-state index in [1.54, 1.807) is 31.0 Å². The fraction of sp³-hybridized carbons (Fsp3) is 0.316. The summed E-state index contributed by atoms with van der Waals surface area (Å²) < 4.78 is 4.71. The Morgan fingerprint density at radius 2 is 1.76 bits per heavy atom. The number of anilines is 2. The maximum Gasteiger partial charge on any atom is 0.339 e. The van der Waals surface area contributed by atoms with Gasteiger partial charge in [-0.05, 0) is 44.0 Å². The number of hydrogen-bond acceptors (Lipinski definition) is 5. The number of para-hydroxylation sites is 1. The first kappa shape index (κ1) is 18.4. The Bertz CT molecular complexity index is 782. The third-order valence-electron chi connectivity index (χ3n) is 3.99. The lowest BCUT2D eigenvalue weighted by atomic mass is 10.1. The maximum absolute atomic E-state index is 12.4. The van der Waals surface area contributed by atoms with Gasteiger partial charge in [0.1, 0.15) is 5.82 Å². The first-order chi connectivity index (χ1) is 11.8. The molecule has 0 saturated carbocycles. The molecule has 1 aromatic carbocycles. The minimum atomic E-state index is -0.424. The summed E-state index contributed by atoms with van der Waals surface area (Å²) in [4.78, 5) is 30.1. The van der Waals surface area contributed by atoms with E-state index in [1.165, 1.54) is 7.11 Å². The molecule has 1 aromatic heterocycles. The molecule has 0 fully saturated rings. The molecule has 0 aliphatic carbocycles. The number of likely N-dealkylation sites (N-methyl/N-ethyl adjacent to an activating group) is 1. The Balaban J connectivity index is 2.09. The smallest absolute Gasteiger partial charge is 0.339 e. The second kappa shape index (κ2) is 7.79. The van der Waals surface area contributed by atoms with Crippen LogP contribution in [0, 0.1) is 20.8 Å². The zero-order valence-electron chi connectivity index (χ0n) is 15.2. The first-order valence-corrected chi connectivity index (χ1v) is 7.96. The molecule has 0 atom stereocenters. The predicted octanol–water partition coefficient (Wildman–Crippen LogP) is 2.87. The number of esters is 1. The van der Waals surface area contributed by atoms with Crippen LogP contribution in [0.3, 0.4) is 0 Å². The molecule has 1 amide bonds. The summed E-state index contributed by atoms with van der Waals surface area (Å²) in [6.45, 7) is 5.81. The monoisotopic (exact) mass is 341 g/mol. The average molecular weight is 341 g/mol. The van der Waals surface area contributed by atoms with Gasteiger partial charge in [-0.3, -0.25) is 4.79 Å². The lowest BCUT2D eigenvalue weighted by Crippen LogP contribution is -2.31. The number of pyridine rings is 1. The van der Waals surface area contributed by atoms with Gasteiger partial charge in [0.15, 0.2) is 0 Å². The van der Waals surface area contributed by atoms with Gasteiger partial charge in [-0.2, -0.15) is 0 Å². The number of aryl methyl sites for hydroxylation is 3. The van der Waals surface area contributed by atoms with Crippen LogP contribution in [-0.4, -0.2) is 37.6 Å². The van der Waals surface area contributed by atoms with Crippen LogP contribution in [0.4, 0.5) is 11.5 Å². The summed E-state index contributed by atoms with van der Waals surface area (Å²) in [5.74, 6) is 0.0604. The largest absolute Gasteiger partial charge is 0.465 e. The minimum Gasteiger partial charge on any atom is -0.465 e. The molecule has 0 aliphatic heterocycles. The highest BCUT2D eigenvalue weighted by molar-refractivity contribution is 5.95.